The first kappa shape index (κ1) is 13.0. The van der Waals surface area contributed by atoms with Crippen molar-refractivity contribution in [2.24, 2.45) is 5.73 Å². The van der Waals surface area contributed by atoms with Crippen LogP contribution in [-0.4, -0.2) is 25.1 Å². The topological polar surface area (TPSA) is 64.4 Å². The van der Waals surface area contributed by atoms with Crippen molar-refractivity contribution in [2.75, 3.05) is 13.2 Å². The van der Waals surface area contributed by atoms with E-state index in [1.165, 1.54) is 18.2 Å². The molecule has 3 N–H and O–H groups in total. The summed E-state index contributed by atoms with van der Waals surface area (Å²) in [6.45, 7) is 1.73. The summed E-state index contributed by atoms with van der Waals surface area (Å²) in [6, 6.07) is 4.42. The number of nitrogens with one attached hydrogen (secondary N) is 1. The summed E-state index contributed by atoms with van der Waals surface area (Å²) in [5, 5.41) is 3.29. The fourth-order valence-electron chi connectivity index (χ4n) is 2.05. The van der Waals surface area contributed by atoms with E-state index in [9.17, 15) is 9.18 Å². The Morgan fingerprint density at radius 3 is 3.06 bits per heavy atom. The molecule has 2 rings (SSSR count). The minimum Gasteiger partial charge on any atom is -0.375 e. The van der Waals surface area contributed by atoms with Gasteiger partial charge in [-0.2, -0.15) is 0 Å². The highest BCUT2D eigenvalue weighted by Gasteiger charge is 2.14. The molecule has 0 saturated carbocycles. The number of carbonyl (C=O) groups excluding carboxylic acids is 1. The maximum absolute atomic E-state index is 13.5. The van der Waals surface area contributed by atoms with Crippen LogP contribution in [0.1, 0.15) is 28.8 Å². The van der Waals surface area contributed by atoms with Crippen LogP contribution >= 0.6 is 0 Å². The van der Waals surface area contributed by atoms with Crippen molar-refractivity contribution >= 4 is 5.91 Å². The van der Waals surface area contributed by atoms with Crippen LogP contribution in [0.2, 0.25) is 0 Å². The van der Waals surface area contributed by atoms with E-state index >= 15 is 0 Å². The van der Waals surface area contributed by atoms with Crippen LogP contribution in [0.4, 0.5) is 4.39 Å². The molecule has 0 bridgehead atoms. The SMILES string of the molecule is NC(=O)c1ccc(F)c(COCC2CCCN2)c1. The zero-order valence-electron chi connectivity index (χ0n) is 10.1. The quantitative estimate of drug-likeness (QED) is 0.827. The average molecular weight is 252 g/mol. The molecule has 1 aliphatic heterocycles. The van der Waals surface area contributed by atoms with Gasteiger partial charge in [0.2, 0.25) is 5.91 Å². The summed E-state index contributed by atoms with van der Waals surface area (Å²) in [5.41, 5.74) is 5.81. The molecule has 98 valence electrons. The highest BCUT2D eigenvalue weighted by atomic mass is 19.1. The van der Waals surface area contributed by atoms with Crippen molar-refractivity contribution in [1.29, 1.82) is 0 Å². The predicted molar refractivity (Wildman–Crippen MR) is 65.6 cm³/mol. The number of nitrogens with two attached hydrogens (primary N) is 1. The van der Waals surface area contributed by atoms with Gasteiger partial charge in [-0.1, -0.05) is 0 Å². The van der Waals surface area contributed by atoms with Crippen molar-refractivity contribution in [3.05, 3.63) is 35.1 Å². The van der Waals surface area contributed by atoms with Crippen LogP contribution in [0, 0.1) is 5.82 Å². The largest absolute Gasteiger partial charge is 0.375 e. The summed E-state index contributed by atoms with van der Waals surface area (Å²) in [6.07, 6.45) is 2.24. The van der Waals surface area contributed by atoms with E-state index in [-0.39, 0.29) is 12.4 Å². The first-order valence-corrected chi connectivity index (χ1v) is 6.06. The third kappa shape index (κ3) is 3.27. The number of hydrogen-bond donors (Lipinski definition) is 2. The summed E-state index contributed by atoms with van der Waals surface area (Å²) < 4.78 is 19.0. The molecule has 1 saturated heterocycles. The van der Waals surface area contributed by atoms with Crippen LogP contribution in [0.5, 0.6) is 0 Å². The number of primary amides is 1. The van der Waals surface area contributed by atoms with E-state index in [2.05, 4.69) is 5.32 Å². The van der Waals surface area contributed by atoms with Crippen molar-refractivity contribution < 1.29 is 13.9 Å². The van der Waals surface area contributed by atoms with Gasteiger partial charge in [-0.25, -0.2) is 4.39 Å². The van der Waals surface area contributed by atoms with Crippen LogP contribution < -0.4 is 11.1 Å². The van der Waals surface area contributed by atoms with Gasteiger partial charge in [0, 0.05) is 17.2 Å². The number of ether oxygens (including phenoxy) is 1. The van der Waals surface area contributed by atoms with E-state index in [4.69, 9.17) is 10.5 Å². The van der Waals surface area contributed by atoms with Crippen molar-refractivity contribution in [3.63, 3.8) is 0 Å². The molecule has 0 spiro atoms. The maximum atomic E-state index is 13.5. The normalized spacial score (nSPS) is 19.1. The average Bonchev–Trinajstić information content (AvgIpc) is 2.84. The van der Waals surface area contributed by atoms with E-state index in [0.717, 1.165) is 19.4 Å². The fourth-order valence-corrected chi connectivity index (χ4v) is 2.05. The Labute approximate surface area is 105 Å². The van der Waals surface area contributed by atoms with Crippen LogP contribution in [-0.2, 0) is 11.3 Å². The third-order valence-electron chi connectivity index (χ3n) is 3.07. The Balaban J connectivity index is 1.91. The number of carbonyl (C=O) groups is 1. The summed E-state index contributed by atoms with van der Waals surface area (Å²) in [7, 11) is 0. The second kappa shape index (κ2) is 5.93. The van der Waals surface area contributed by atoms with Gasteiger partial charge in [-0.15, -0.1) is 0 Å². The van der Waals surface area contributed by atoms with Crippen molar-refractivity contribution in [2.45, 2.75) is 25.5 Å². The smallest absolute Gasteiger partial charge is 0.248 e. The van der Waals surface area contributed by atoms with Crippen LogP contribution in [0.15, 0.2) is 18.2 Å². The van der Waals surface area contributed by atoms with Crippen LogP contribution in [0.25, 0.3) is 0 Å². The van der Waals surface area contributed by atoms with Gasteiger partial charge in [-0.05, 0) is 37.6 Å². The Hall–Kier alpha value is -1.46. The van der Waals surface area contributed by atoms with Gasteiger partial charge < -0.3 is 15.8 Å². The lowest BCUT2D eigenvalue weighted by Crippen LogP contribution is -2.26. The molecule has 1 amide bonds. The standard InChI is InChI=1S/C13H17FN2O2/c14-12-4-3-9(13(15)17)6-10(12)7-18-8-11-2-1-5-16-11/h3-4,6,11,16H,1-2,5,7-8H2,(H2,15,17). The van der Waals surface area contributed by atoms with Crippen molar-refractivity contribution in [1.82, 2.24) is 5.32 Å². The molecule has 1 aromatic rings. The molecule has 0 aromatic heterocycles. The number of halogens is 1. The van der Waals surface area contributed by atoms with E-state index in [0.29, 0.717) is 23.8 Å². The first-order valence-electron chi connectivity index (χ1n) is 6.06. The molecule has 0 radical (unpaired) electrons. The maximum Gasteiger partial charge on any atom is 0.248 e. The Kier molecular flexibility index (Phi) is 4.28. The Bertz CT molecular complexity index is 431. The van der Waals surface area contributed by atoms with E-state index in [1.807, 2.05) is 0 Å². The molecule has 5 heteroatoms. The number of hydrogen-bond acceptors (Lipinski definition) is 3. The first-order chi connectivity index (χ1) is 8.66. The minimum atomic E-state index is -0.561. The lowest BCUT2D eigenvalue weighted by molar-refractivity contribution is 0.0989. The van der Waals surface area contributed by atoms with Crippen molar-refractivity contribution in [3.8, 4) is 0 Å². The lowest BCUT2D eigenvalue weighted by atomic mass is 10.1. The second-order valence-corrected chi connectivity index (χ2v) is 4.48. The molecule has 1 aliphatic rings. The monoisotopic (exact) mass is 252 g/mol. The highest BCUT2D eigenvalue weighted by molar-refractivity contribution is 5.92. The molecule has 0 aliphatic carbocycles. The van der Waals surface area contributed by atoms with Gasteiger partial charge in [0.1, 0.15) is 5.82 Å². The molecule has 18 heavy (non-hydrogen) atoms. The molecule has 1 heterocycles. The third-order valence-corrected chi connectivity index (χ3v) is 3.07. The molecule has 1 aromatic carbocycles. The number of rotatable bonds is 5. The summed E-state index contributed by atoms with van der Waals surface area (Å²) >= 11 is 0. The predicted octanol–water partition coefficient (Wildman–Crippen LogP) is 1.19. The van der Waals surface area contributed by atoms with Gasteiger partial charge in [0.05, 0.1) is 13.2 Å². The van der Waals surface area contributed by atoms with E-state index in [1.54, 1.807) is 0 Å². The summed E-state index contributed by atoms with van der Waals surface area (Å²) in [5.74, 6) is -0.937. The minimum absolute atomic E-state index is 0.158. The Morgan fingerprint density at radius 2 is 2.39 bits per heavy atom. The van der Waals surface area contributed by atoms with Crippen LogP contribution in [0.3, 0.4) is 0 Å². The fraction of sp³-hybridized carbons (Fsp3) is 0.462. The number of amides is 1. The molecule has 1 unspecified atom stereocenters. The Morgan fingerprint density at radius 1 is 1.56 bits per heavy atom. The molecule has 4 nitrogen and oxygen atoms in total. The number of benzene rings is 1. The highest BCUT2D eigenvalue weighted by Crippen LogP contribution is 2.13. The molecular formula is C13H17FN2O2. The van der Waals surface area contributed by atoms with Gasteiger partial charge >= 0.3 is 0 Å². The lowest BCUT2D eigenvalue weighted by Gasteiger charge is -2.11. The van der Waals surface area contributed by atoms with Gasteiger partial charge in [0.25, 0.3) is 0 Å². The zero-order chi connectivity index (χ0) is 13.0. The van der Waals surface area contributed by atoms with E-state index < -0.39 is 5.91 Å². The molecule has 1 fully saturated rings. The van der Waals surface area contributed by atoms with Gasteiger partial charge in [-0.3, -0.25) is 4.79 Å². The molecular weight excluding hydrogens is 235 g/mol. The zero-order valence-corrected chi connectivity index (χ0v) is 10.1. The second-order valence-electron chi connectivity index (χ2n) is 4.48. The summed E-state index contributed by atoms with van der Waals surface area (Å²) in [4.78, 5) is 11.0. The van der Waals surface area contributed by atoms with Gasteiger partial charge in [0.15, 0.2) is 0 Å². The molecule has 1 atom stereocenters.